The van der Waals surface area contributed by atoms with Crippen LogP contribution < -0.4 is 4.74 Å². The first-order valence-electron chi connectivity index (χ1n) is 6.68. The average molecular weight is 256 g/mol. The van der Waals surface area contributed by atoms with Crippen molar-refractivity contribution in [3.8, 4) is 5.75 Å². The summed E-state index contributed by atoms with van der Waals surface area (Å²) >= 11 is 0. The SMILES string of the molecule is CC(CCOc1ccccc1)OCc1ccccc1. The average Bonchev–Trinajstić information content (AvgIpc) is 2.47. The van der Waals surface area contributed by atoms with Crippen molar-refractivity contribution in [2.24, 2.45) is 0 Å². The molecule has 0 spiro atoms. The molecule has 0 N–H and O–H groups in total. The normalized spacial score (nSPS) is 12.1. The highest BCUT2D eigenvalue weighted by Crippen LogP contribution is 2.10. The molecule has 100 valence electrons. The zero-order valence-electron chi connectivity index (χ0n) is 11.3. The van der Waals surface area contributed by atoms with Gasteiger partial charge in [-0.05, 0) is 24.6 Å². The van der Waals surface area contributed by atoms with Gasteiger partial charge in [-0.3, -0.25) is 0 Å². The van der Waals surface area contributed by atoms with Gasteiger partial charge < -0.3 is 9.47 Å². The topological polar surface area (TPSA) is 18.5 Å². The molecule has 2 rings (SSSR count). The Labute approximate surface area is 115 Å². The first-order chi connectivity index (χ1) is 9.34. The van der Waals surface area contributed by atoms with E-state index in [0.717, 1.165) is 12.2 Å². The van der Waals surface area contributed by atoms with E-state index in [2.05, 4.69) is 19.1 Å². The van der Waals surface area contributed by atoms with Crippen LogP contribution in [0.15, 0.2) is 60.7 Å². The van der Waals surface area contributed by atoms with Crippen molar-refractivity contribution in [1.82, 2.24) is 0 Å². The summed E-state index contributed by atoms with van der Waals surface area (Å²) in [6.07, 6.45) is 1.09. The van der Waals surface area contributed by atoms with Gasteiger partial charge in [0.1, 0.15) is 5.75 Å². The fourth-order valence-electron chi connectivity index (χ4n) is 1.76. The van der Waals surface area contributed by atoms with Crippen molar-refractivity contribution < 1.29 is 9.47 Å². The highest BCUT2D eigenvalue weighted by Gasteiger charge is 2.03. The highest BCUT2D eigenvalue weighted by molar-refractivity contribution is 5.20. The predicted molar refractivity (Wildman–Crippen MR) is 77.2 cm³/mol. The number of benzene rings is 2. The van der Waals surface area contributed by atoms with Gasteiger partial charge in [-0.1, -0.05) is 48.5 Å². The molecular formula is C17H20O2. The number of hydrogen-bond acceptors (Lipinski definition) is 2. The standard InChI is InChI=1S/C17H20O2/c1-15(19-14-16-8-4-2-5-9-16)12-13-18-17-10-6-3-7-11-17/h2-11,15H,12-14H2,1H3. The van der Waals surface area contributed by atoms with E-state index >= 15 is 0 Å². The Hall–Kier alpha value is -1.80. The Bertz CT molecular complexity index is 453. The van der Waals surface area contributed by atoms with E-state index in [1.54, 1.807) is 0 Å². The summed E-state index contributed by atoms with van der Waals surface area (Å²) in [5.74, 6) is 0.915. The van der Waals surface area contributed by atoms with E-state index in [-0.39, 0.29) is 6.10 Å². The zero-order chi connectivity index (χ0) is 13.3. The lowest BCUT2D eigenvalue weighted by Gasteiger charge is -2.13. The second-order valence-electron chi connectivity index (χ2n) is 4.56. The van der Waals surface area contributed by atoms with Gasteiger partial charge in [-0.2, -0.15) is 0 Å². The first kappa shape index (κ1) is 13.6. The third-order valence-corrected chi connectivity index (χ3v) is 2.91. The van der Waals surface area contributed by atoms with Gasteiger partial charge in [0.05, 0.1) is 19.3 Å². The van der Waals surface area contributed by atoms with E-state index in [1.165, 1.54) is 5.56 Å². The molecule has 2 nitrogen and oxygen atoms in total. The van der Waals surface area contributed by atoms with Crippen LogP contribution >= 0.6 is 0 Å². The largest absolute Gasteiger partial charge is 0.493 e. The predicted octanol–water partition coefficient (Wildman–Crippen LogP) is 4.06. The minimum atomic E-state index is 0.198. The van der Waals surface area contributed by atoms with Crippen molar-refractivity contribution in [2.45, 2.75) is 26.1 Å². The molecule has 0 aliphatic heterocycles. The molecule has 0 amide bonds. The maximum Gasteiger partial charge on any atom is 0.119 e. The van der Waals surface area contributed by atoms with E-state index in [9.17, 15) is 0 Å². The number of para-hydroxylation sites is 1. The maximum atomic E-state index is 5.79. The molecule has 0 radical (unpaired) electrons. The van der Waals surface area contributed by atoms with Gasteiger partial charge >= 0.3 is 0 Å². The molecular weight excluding hydrogens is 236 g/mol. The molecule has 2 aromatic rings. The number of rotatable bonds is 7. The van der Waals surface area contributed by atoms with Gasteiger partial charge in [-0.25, -0.2) is 0 Å². The number of hydrogen-bond donors (Lipinski definition) is 0. The first-order valence-corrected chi connectivity index (χ1v) is 6.68. The van der Waals surface area contributed by atoms with Crippen LogP contribution in [-0.4, -0.2) is 12.7 Å². The summed E-state index contributed by atoms with van der Waals surface area (Å²) in [5.41, 5.74) is 1.21. The van der Waals surface area contributed by atoms with Crippen LogP contribution in [0, 0.1) is 0 Å². The Kier molecular flexibility index (Phi) is 5.45. The number of ether oxygens (including phenoxy) is 2. The van der Waals surface area contributed by atoms with E-state index < -0.39 is 0 Å². The molecule has 0 bridgehead atoms. The van der Waals surface area contributed by atoms with Crippen LogP contribution in [0.25, 0.3) is 0 Å². The van der Waals surface area contributed by atoms with Gasteiger partial charge in [0.2, 0.25) is 0 Å². The summed E-state index contributed by atoms with van der Waals surface area (Å²) < 4.78 is 11.4. The van der Waals surface area contributed by atoms with Crippen LogP contribution in [0.4, 0.5) is 0 Å². The third kappa shape index (κ3) is 5.14. The fraction of sp³-hybridized carbons (Fsp3) is 0.294. The van der Waals surface area contributed by atoms with E-state index in [4.69, 9.17) is 9.47 Å². The summed E-state index contributed by atoms with van der Waals surface area (Å²) in [6.45, 7) is 3.42. The van der Waals surface area contributed by atoms with Crippen molar-refractivity contribution in [3.63, 3.8) is 0 Å². The molecule has 0 saturated carbocycles. The Morgan fingerprint density at radius 1 is 0.895 bits per heavy atom. The molecule has 0 saturated heterocycles. The summed E-state index contributed by atoms with van der Waals surface area (Å²) in [7, 11) is 0. The molecule has 2 heteroatoms. The smallest absolute Gasteiger partial charge is 0.119 e. The second-order valence-corrected chi connectivity index (χ2v) is 4.56. The molecule has 1 atom stereocenters. The monoisotopic (exact) mass is 256 g/mol. The highest BCUT2D eigenvalue weighted by atomic mass is 16.5. The van der Waals surface area contributed by atoms with Crippen molar-refractivity contribution in [3.05, 3.63) is 66.2 Å². The molecule has 19 heavy (non-hydrogen) atoms. The minimum absolute atomic E-state index is 0.198. The van der Waals surface area contributed by atoms with Gasteiger partial charge in [-0.15, -0.1) is 0 Å². The van der Waals surface area contributed by atoms with Crippen LogP contribution in [0.1, 0.15) is 18.9 Å². The second kappa shape index (κ2) is 7.59. The third-order valence-electron chi connectivity index (χ3n) is 2.91. The summed E-state index contributed by atoms with van der Waals surface area (Å²) in [5, 5.41) is 0. The van der Waals surface area contributed by atoms with Crippen LogP contribution in [0.2, 0.25) is 0 Å². The fourth-order valence-corrected chi connectivity index (χ4v) is 1.76. The van der Waals surface area contributed by atoms with Gasteiger partial charge in [0.25, 0.3) is 0 Å². The summed E-state index contributed by atoms with van der Waals surface area (Å²) in [6, 6.07) is 20.1. The van der Waals surface area contributed by atoms with Crippen molar-refractivity contribution in [2.75, 3.05) is 6.61 Å². The summed E-state index contributed by atoms with van der Waals surface area (Å²) in [4.78, 5) is 0. The zero-order valence-corrected chi connectivity index (χ0v) is 11.3. The maximum absolute atomic E-state index is 5.79. The molecule has 0 heterocycles. The Morgan fingerprint density at radius 2 is 1.53 bits per heavy atom. The van der Waals surface area contributed by atoms with E-state index in [0.29, 0.717) is 13.2 Å². The molecule has 0 fully saturated rings. The molecule has 1 unspecified atom stereocenters. The Balaban J connectivity index is 1.64. The lowest BCUT2D eigenvalue weighted by Crippen LogP contribution is -2.12. The van der Waals surface area contributed by atoms with Crippen LogP contribution in [0.3, 0.4) is 0 Å². The lowest BCUT2D eigenvalue weighted by molar-refractivity contribution is 0.0386. The van der Waals surface area contributed by atoms with E-state index in [1.807, 2.05) is 48.5 Å². The molecule has 2 aromatic carbocycles. The van der Waals surface area contributed by atoms with Crippen molar-refractivity contribution in [1.29, 1.82) is 0 Å². The quantitative estimate of drug-likeness (QED) is 0.743. The van der Waals surface area contributed by atoms with Crippen LogP contribution in [-0.2, 0) is 11.3 Å². The molecule has 0 aromatic heterocycles. The van der Waals surface area contributed by atoms with Gasteiger partial charge in [0.15, 0.2) is 0 Å². The molecule has 0 aliphatic rings. The minimum Gasteiger partial charge on any atom is -0.493 e. The van der Waals surface area contributed by atoms with Gasteiger partial charge in [0, 0.05) is 6.42 Å². The Morgan fingerprint density at radius 3 is 2.21 bits per heavy atom. The van der Waals surface area contributed by atoms with Crippen molar-refractivity contribution >= 4 is 0 Å². The lowest BCUT2D eigenvalue weighted by atomic mass is 10.2. The van der Waals surface area contributed by atoms with Crippen LogP contribution in [0.5, 0.6) is 5.75 Å². The molecule has 0 aliphatic carbocycles.